The Morgan fingerprint density at radius 2 is 1.65 bits per heavy atom. The van der Waals surface area contributed by atoms with Gasteiger partial charge < -0.3 is 19.3 Å². The molecule has 0 radical (unpaired) electrons. The van der Waals surface area contributed by atoms with Crippen LogP contribution in [-0.4, -0.2) is 91.6 Å². The van der Waals surface area contributed by atoms with Crippen LogP contribution in [0.25, 0.3) is 0 Å². The minimum atomic E-state index is 0.0986. The van der Waals surface area contributed by atoms with Crippen LogP contribution in [-0.2, 0) is 9.53 Å². The second-order valence-electron chi connectivity index (χ2n) is 8.38. The lowest BCUT2D eigenvalue weighted by atomic mass is 10.1. The Kier molecular flexibility index (Phi) is 8.72. The van der Waals surface area contributed by atoms with Crippen LogP contribution in [0.3, 0.4) is 0 Å². The van der Waals surface area contributed by atoms with Crippen LogP contribution in [0, 0.1) is 0 Å². The van der Waals surface area contributed by atoms with Gasteiger partial charge in [-0.25, -0.2) is 0 Å². The van der Waals surface area contributed by atoms with E-state index in [4.69, 9.17) is 9.47 Å². The highest BCUT2D eigenvalue weighted by Gasteiger charge is 2.30. The van der Waals surface area contributed by atoms with Crippen LogP contribution in [0.1, 0.15) is 49.9 Å². The number of carbonyl (C=O) groups is 2. The Morgan fingerprint density at radius 3 is 2.26 bits per heavy atom. The van der Waals surface area contributed by atoms with E-state index in [2.05, 4.69) is 18.7 Å². The molecule has 7 heteroatoms. The standard InChI is InChI=1S/C24H37N3O4/c1-4-25(5-2)20-10-14-27(18-20)24(29)19-6-8-21(9-7-19)31-22-11-15-26(16-12-22)23(28)13-17-30-3/h6-9,20,22H,4-5,10-18H2,1-3H3/t20-/m0/s1. The zero-order valence-electron chi connectivity index (χ0n) is 19.2. The summed E-state index contributed by atoms with van der Waals surface area (Å²) in [7, 11) is 1.61. The number of nitrogens with zero attached hydrogens (tertiary/aromatic N) is 3. The number of rotatable bonds is 9. The van der Waals surface area contributed by atoms with Crippen LogP contribution in [0.4, 0.5) is 0 Å². The number of likely N-dealkylation sites (N-methyl/N-ethyl adjacent to an activating group) is 1. The largest absolute Gasteiger partial charge is 0.490 e. The Balaban J connectivity index is 1.46. The van der Waals surface area contributed by atoms with Crippen molar-refractivity contribution in [2.45, 2.75) is 51.7 Å². The summed E-state index contributed by atoms with van der Waals surface area (Å²) < 4.78 is 11.1. The molecular weight excluding hydrogens is 394 g/mol. The fraction of sp³-hybridized carbons (Fsp3) is 0.667. The summed E-state index contributed by atoms with van der Waals surface area (Å²) in [6.07, 6.45) is 3.21. The molecule has 0 aliphatic carbocycles. The minimum absolute atomic E-state index is 0.0986. The molecule has 172 valence electrons. The van der Waals surface area contributed by atoms with E-state index < -0.39 is 0 Å². The molecule has 31 heavy (non-hydrogen) atoms. The van der Waals surface area contributed by atoms with E-state index in [1.165, 1.54) is 0 Å². The number of carbonyl (C=O) groups excluding carboxylic acids is 2. The highest BCUT2D eigenvalue weighted by atomic mass is 16.5. The molecule has 1 aromatic carbocycles. The Bertz CT molecular complexity index is 712. The average molecular weight is 432 g/mol. The first-order valence-electron chi connectivity index (χ1n) is 11.6. The maximum absolute atomic E-state index is 12.9. The summed E-state index contributed by atoms with van der Waals surface area (Å²) >= 11 is 0. The van der Waals surface area contributed by atoms with E-state index in [1.807, 2.05) is 34.1 Å². The smallest absolute Gasteiger partial charge is 0.253 e. The molecule has 2 fully saturated rings. The van der Waals surface area contributed by atoms with Crippen LogP contribution >= 0.6 is 0 Å². The molecule has 0 aromatic heterocycles. The minimum Gasteiger partial charge on any atom is -0.490 e. The van der Waals surface area contributed by atoms with E-state index in [0.717, 1.165) is 51.2 Å². The van der Waals surface area contributed by atoms with Gasteiger partial charge >= 0.3 is 0 Å². The first-order chi connectivity index (χ1) is 15.0. The number of benzene rings is 1. The maximum atomic E-state index is 12.9. The highest BCUT2D eigenvalue weighted by Crippen LogP contribution is 2.22. The lowest BCUT2D eigenvalue weighted by Crippen LogP contribution is -2.42. The summed E-state index contributed by atoms with van der Waals surface area (Å²) in [5, 5.41) is 0. The lowest BCUT2D eigenvalue weighted by Gasteiger charge is -2.32. The first-order valence-corrected chi connectivity index (χ1v) is 11.6. The van der Waals surface area contributed by atoms with Gasteiger partial charge in [0.25, 0.3) is 5.91 Å². The number of methoxy groups -OCH3 is 1. The molecule has 2 aliphatic heterocycles. The van der Waals surface area contributed by atoms with Crippen molar-refractivity contribution in [2.75, 3.05) is 53.0 Å². The van der Waals surface area contributed by atoms with Gasteiger partial charge in [0, 0.05) is 57.7 Å². The van der Waals surface area contributed by atoms with Gasteiger partial charge in [0.05, 0.1) is 13.0 Å². The molecule has 0 saturated carbocycles. The molecule has 2 saturated heterocycles. The number of ether oxygens (including phenoxy) is 2. The van der Waals surface area contributed by atoms with Crippen molar-refractivity contribution in [1.29, 1.82) is 0 Å². The quantitative estimate of drug-likeness (QED) is 0.602. The normalized spacial score (nSPS) is 19.8. The summed E-state index contributed by atoms with van der Waals surface area (Å²) in [6.45, 7) is 9.92. The van der Waals surface area contributed by atoms with Gasteiger partial charge in [0.2, 0.25) is 5.91 Å². The van der Waals surface area contributed by atoms with E-state index in [-0.39, 0.29) is 17.9 Å². The lowest BCUT2D eigenvalue weighted by molar-refractivity contribution is -0.133. The molecule has 3 rings (SSSR count). The van der Waals surface area contributed by atoms with Gasteiger partial charge in [-0.3, -0.25) is 14.5 Å². The molecule has 2 aliphatic rings. The molecule has 1 atom stereocenters. The topological polar surface area (TPSA) is 62.3 Å². The summed E-state index contributed by atoms with van der Waals surface area (Å²) in [4.78, 5) is 31.3. The third kappa shape index (κ3) is 6.20. The van der Waals surface area contributed by atoms with Gasteiger partial charge in [0.15, 0.2) is 0 Å². The highest BCUT2D eigenvalue weighted by molar-refractivity contribution is 5.94. The Morgan fingerprint density at radius 1 is 1.00 bits per heavy atom. The van der Waals surface area contributed by atoms with E-state index in [9.17, 15) is 9.59 Å². The predicted octanol–water partition coefficient (Wildman–Crippen LogP) is 2.65. The molecule has 2 heterocycles. The van der Waals surface area contributed by atoms with Crippen LogP contribution in [0.2, 0.25) is 0 Å². The van der Waals surface area contributed by atoms with Gasteiger partial charge in [-0.15, -0.1) is 0 Å². The second-order valence-corrected chi connectivity index (χ2v) is 8.38. The van der Waals surface area contributed by atoms with E-state index >= 15 is 0 Å². The number of likely N-dealkylation sites (tertiary alicyclic amines) is 2. The summed E-state index contributed by atoms with van der Waals surface area (Å²) in [5.74, 6) is 1.03. The zero-order chi connectivity index (χ0) is 22.2. The number of piperidine rings is 1. The number of amides is 2. The van der Waals surface area contributed by atoms with Gasteiger partial charge in [-0.2, -0.15) is 0 Å². The van der Waals surface area contributed by atoms with Crippen LogP contribution < -0.4 is 4.74 Å². The van der Waals surface area contributed by atoms with Crippen molar-refractivity contribution in [3.05, 3.63) is 29.8 Å². The molecule has 0 unspecified atom stereocenters. The second kappa shape index (κ2) is 11.5. The van der Waals surface area contributed by atoms with Gasteiger partial charge in [-0.05, 0) is 43.8 Å². The third-order valence-corrected chi connectivity index (χ3v) is 6.50. The number of hydrogen-bond acceptors (Lipinski definition) is 5. The van der Waals surface area contributed by atoms with Crippen molar-refractivity contribution < 1.29 is 19.1 Å². The fourth-order valence-corrected chi connectivity index (χ4v) is 4.59. The summed E-state index contributed by atoms with van der Waals surface area (Å²) in [6, 6.07) is 7.98. The Hall–Kier alpha value is -2.12. The third-order valence-electron chi connectivity index (χ3n) is 6.50. The number of hydrogen-bond donors (Lipinski definition) is 0. The molecule has 0 N–H and O–H groups in total. The Labute approximate surface area is 186 Å². The van der Waals surface area contributed by atoms with Crippen molar-refractivity contribution in [3.63, 3.8) is 0 Å². The monoisotopic (exact) mass is 431 g/mol. The van der Waals surface area contributed by atoms with Gasteiger partial charge in [-0.1, -0.05) is 13.8 Å². The first kappa shape index (κ1) is 23.5. The molecular formula is C24H37N3O4. The molecule has 2 amide bonds. The SMILES string of the molecule is CCN(CC)[C@H]1CCN(C(=O)c2ccc(OC3CCN(C(=O)CCOC)CC3)cc2)C1. The molecule has 7 nitrogen and oxygen atoms in total. The van der Waals surface area contributed by atoms with Crippen molar-refractivity contribution in [2.24, 2.45) is 0 Å². The maximum Gasteiger partial charge on any atom is 0.253 e. The van der Waals surface area contributed by atoms with E-state index in [1.54, 1.807) is 7.11 Å². The molecule has 0 spiro atoms. The van der Waals surface area contributed by atoms with E-state index in [0.29, 0.717) is 37.7 Å². The molecule has 0 bridgehead atoms. The fourth-order valence-electron chi connectivity index (χ4n) is 4.59. The summed E-state index contributed by atoms with van der Waals surface area (Å²) in [5.41, 5.74) is 0.714. The van der Waals surface area contributed by atoms with Crippen molar-refractivity contribution in [3.8, 4) is 5.75 Å². The zero-order valence-corrected chi connectivity index (χ0v) is 19.2. The van der Waals surface area contributed by atoms with Crippen LogP contribution in [0.5, 0.6) is 5.75 Å². The molecule has 1 aromatic rings. The van der Waals surface area contributed by atoms with Gasteiger partial charge in [0.1, 0.15) is 11.9 Å². The van der Waals surface area contributed by atoms with Crippen molar-refractivity contribution >= 4 is 11.8 Å². The van der Waals surface area contributed by atoms with Crippen LogP contribution in [0.15, 0.2) is 24.3 Å². The predicted molar refractivity (Wildman–Crippen MR) is 120 cm³/mol. The van der Waals surface area contributed by atoms with Crippen molar-refractivity contribution in [1.82, 2.24) is 14.7 Å². The average Bonchev–Trinajstić information content (AvgIpc) is 3.29.